The summed E-state index contributed by atoms with van der Waals surface area (Å²) in [5, 5.41) is 3.36. The Bertz CT molecular complexity index is 1220. The first kappa shape index (κ1) is 24.9. The van der Waals surface area contributed by atoms with Crippen LogP contribution in [0.2, 0.25) is 0 Å². The van der Waals surface area contributed by atoms with Crippen LogP contribution in [0.15, 0.2) is 60.8 Å². The van der Waals surface area contributed by atoms with E-state index in [4.69, 9.17) is 9.47 Å². The topological polar surface area (TPSA) is 102 Å². The molecule has 1 aliphatic rings. The summed E-state index contributed by atoms with van der Waals surface area (Å²) in [5.41, 5.74) is 2.75. The van der Waals surface area contributed by atoms with Crippen molar-refractivity contribution in [3.05, 3.63) is 77.6 Å². The van der Waals surface area contributed by atoms with Crippen molar-refractivity contribution >= 4 is 16.0 Å². The average molecular weight is 497 g/mol. The molecule has 1 fully saturated rings. The van der Waals surface area contributed by atoms with Gasteiger partial charge in [0, 0.05) is 11.6 Å². The molecule has 0 aliphatic carbocycles. The molecule has 0 spiro atoms. The third-order valence-electron chi connectivity index (χ3n) is 6.12. The number of hydrogen-bond donors (Lipinski definition) is 2. The molecule has 8 nitrogen and oxygen atoms in total. The number of aromatic nitrogens is 2. The molecular weight excluding hydrogens is 464 g/mol. The quantitative estimate of drug-likeness (QED) is 0.463. The number of anilines is 1. The highest BCUT2D eigenvalue weighted by atomic mass is 32.2. The maximum Gasteiger partial charge on any atom is 0.236 e. The SMILES string of the molecule is CC(C)(c1ccc(OCc2ccnc(NS(C)(=O)=O)n2)cc1)c1ccc(OC2CCNCC2)cc1. The highest BCUT2D eigenvalue weighted by Crippen LogP contribution is 2.33. The molecule has 0 bridgehead atoms. The van der Waals surface area contributed by atoms with Crippen LogP contribution in [-0.4, -0.2) is 43.8 Å². The third kappa shape index (κ3) is 6.93. The number of ether oxygens (including phenoxy) is 2. The summed E-state index contributed by atoms with van der Waals surface area (Å²) in [6, 6.07) is 18.1. The molecule has 0 amide bonds. The molecule has 1 saturated heterocycles. The van der Waals surface area contributed by atoms with Crippen LogP contribution in [0.1, 0.15) is 43.5 Å². The highest BCUT2D eigenvalue weighted by Gasteiger charge is 2.23. The van der Waals surface area contributed by atoms with Crippen molar-refractivity contribution < 1.29 is 17.9 Å². The van der Waals surface area contributed by atoms with Crippen molar-refractivity contribution in [3.8, 4) is 11.5 Å². The fourth-order valence-electron chi connectivity index (χ4n) is 4.04. The van der Waals surface area contributed by atoms with E-state index in [1.54, 1.807) is 6.07 Å². The van der Waals surface area contributed by atoms with Gasteiger partial charge in [-0.15, -0.1) is 0 Å². The zero-order valence-electron chi connectivity index (χ0n) is 20.3. The van der Waals surface area contributed by atoms with E-state index in [1.807, 2.05) is 12.1 Å². The van der Waals surface area contributed by atoms with Gasteiger partial charge in [0.05, 0.1) is 11.9 Å². The number of nitrogens with zero attached hydrogens (tertiary/aromatic N) is 2. The minimum absolute atomic E-state index is 0.0258. The van der Waals surface area contributed by atoms with Gasteiger partial charge >= 0.3 is 0 Å². The lowest BCUT2D eigenvalue weighted by Gasteiger charge is -2.27. The standard InChI is InChI=1S/C26H32N4O4S/c1-26(2,20-6-10-23(11-7-20)34-24-13-15-27-16-14-24)19-4-8-22(9-5-19)33-18-21-12-17-28-25(29-21)30-35(3,31)32/h4-12,17,24,27H,13-16,18H2,1-3H3,(H,28,29,30). The molecule has 1 aromatic heterocycles. The van der Waals surface area contributed by atoms with Crippen LogP contribution < -0.4 is 19.5 Å². The van der Waals surface area contributed by atoms with Gasteiger partial charge in [0.15, 0.2) is 0 Å². The number of piperidine rings is 1. The van der Waals surface area contributed by atoms with Crippen molar-refractivity contribution in [2.75, 3.05) is 24.1 Å². The Morgan fingerprint density at radius 2 is 1.57 bits per heavy atom. The van der Waals surface area contributed by atoms with Crippen LogP contribution in [0.3, 0.4) is 0 Å². The molecular formula is C26H32N4O4S. The van der Waals surface area contributed by atoms with E-state index in [2.05, 4.69) is 70.3 Å². The van der Waals surface area contributed by atoms with Crippen molar-refractivity contribution in [1.82, 2.24) is 15.3 Å². The predicted octanol–water partition coefficient (Wildman–Crippen LogP) is 3.88. The van der Waals surface area contributed by atoms with Crippen LogP contribution in [-0.2, 0) is 22.0 Å². The molecule has 186 valence electrons. The van der Waals surface area contributed by atoms with E-state index in [-0.39, 0.29) is 24.1 Å². The lowest BCUT2D eigenvalue weighted by atomic mass is 9.78. The minimum atomic E-state index is -3.44. The molecule has 9 heteroatoms. The van der Waals surface area contributed by atoms with Gasteiger partial charge < -0.3 is 14.8 Å². The molecule has 1 aliphatic heterocycles. The number of rotatable bonds is 9. The monoisotopic (exact) mass is 496 g/mol. The molecule has 0 saturated carbocycles. The first-order chi connectivity index (χ1) is 16.7. The van der Waals surface area contributed by atoms with Crippen LogP contribution in [0.25, 0.3) is 0 Å². The van der Waals surface area contributed by atoms with E-state index in [0.717, 1.165) is 37.9 Å². The molecule has 4 rings (SSSR count). The number of benzene rings is 2. The van der Waals surface area contributed by atoms with Gasteiger partial charge in [-0.2, -0.15) is 0 Å². The Hall–Kier alpha value is -3.17. The van der Waals surface area contributed by atoms with Crippen LogP contribution in [0.5, 0.6) is 11.5 Å². The van der Waals surface area contributed by atoms with Gasteiger partial charge in [-0.05, 0) is 67.4 Å². The van der Waals surface area contributed by atoms with Gasteiger partial charge in [-0.3, -0.25) is 4.72 Å². The van der Waals surface area contributed by atoms with Crippen LogP contribution >= 0.6 is 0 Å². The summed E-state index contributed by atoms with van der Waals surface area (Å²) >= 11 is 0. The molecule has 0 unspecified atom stereocenters. The summed E-state index contributed by atoms with van der Waals surface area (Å²) in [7, 11) is -3.44. The Labute approximate surface area is 207 Å². The Kier molecular flexibility index (Phi) is 7.57. The number of sulfonamides is 1. The van der Waals surface area contributed by atoms with E-state index in [9.17, 15) is 8.42 Å². The highest BCUT2D eigenvalue weighted by molar-refractivity contribution is 7.91. The molecule has 2 aromatic carbocycles. The van der Waals surface area contributed by atoms with Gasteiger partial charge in [0.25, 0.3) is 0 Å². The fraction of sp³-hybridized carbons (Fsp3) is 0.385. The number of hydrogen-bond acceptors (Lipinski definition) is 7. The second-order valence-electron chi connectivity index (χ2n) is 9.28. The Morgan fingerprint density at radius 3 is 2.17 bits per heavy atom. The summed E-state index contributed by atoms with van der Waals surface area (Å²) in [6.07, 6.45) is 4.91. The zero-order valence-corrected chi connectivity index (χ0v) is 21.1. The van der Waals surface area contributed by atoms with Gasteiger partial charge in [0.2, 0.25) is 16.0 Å². The summed E-state index contributed by atoms with van der Waals surface area (Å²) < 4.78 is 37.0. The molecule has 2 N–H and O–H groups in total. The lowest BCUT2D eigenvalue weighted by molar-refractivity contribution is 0.162. The predicted molar refractivity (Wildman–Crippen MR) is 136 cm³/mol. The average Bonchev–Trinajstić information content (AvgIpc) is 2.83. The van der Waals surface area contributed by atoms with E-state index < -0.39 is 10.0 Å². The zero-order chi connectivity index (χ0) is 24.9. The smallest absolute Gasteiger partial charge is 0.236 e. The van der Waals surface area contributed by atoms with Gasteiger partial charge in [0.1, 0.15) is 24.2 Å². The normalized spacial score (nSPS) is 14.9. The Morgan fingerprint density at radius 1 is 0.971 bits per heavy atom. The second-order valence-corrected chi connectivity index (χ2v) is 11.0. The lowest BCUT2D eigenvalue weighted by Crippen LogP contribution is -2.34. The van der Waals surface area contributed by atoms with Gasteiger partial charge in [-0.1, -0.05) is 38.1 Å². The molecule has 2 heterocycles. The third-order valence-corrected chi connectivity index (χ3v) is 6.67. The number of nitrogens with one attached hydrogen (secondary N) is 2. The first-order valence-electron chi connectivity index (χ1n) is 11.7. The van der Waals surface area contributed by atoms with Crippen molar-refractivity contribution in [1.29, 1.82) is 0 Å². The molecule has 3 aromatic rings. The van der Waals surface area contributed by atoms with Gasteiger partial charge in [-0.25, -0.2) is 18.4 Å². The molecule has 0 radical (unpaired) electrons. The van der Waals surface area contributed by atoms with Crippen molar-refractivity contribution in [3.63, 3.8) is 0 Å². The maximum absolute atomic E-state index is 11.4. The van der Waals surface area contributed by atoms with Crippen LogP contribution in [0, 0.1) is 0 Å². The maximum atomic E-state index is 11.4. The minimum Gasteiger partial charge on any atom is -0.490 e. The van der Waals surface area contributed by atoms with Crippen LogP contribution in [0.4, 0.5) is 5.95 Å². The van der Waals surface area contributed by atoms with E-state index >= 15 is 0 Å². The summed E-state index contributed by atoms with van der Waals surface area (Å²) in [4.78, 5) is 8.09. The summed E-state index contributed by atoms with van der Waals surface area (Å²) in [5.74, 6) is 1.64. The first-order valence-corrected chi connectivity index (χ1v) is 13.6. The molecule has 0 atom stereocenters. The van der Waals surface area contributed by atoms with E-state index in [0.29, 0.717) is 11.4 Å². The fourth-order valence-corrected chi connectivity index (χ4v) is 4.47. The Balaban J connectivity index is 1.37. The summed E-state index contributed by atoms with van der Waals surface area (Å²) in [6.45, 7) is 6.61. The van der Waals surface area contributed by atoms with Crippen molar-refractivity contribution in [2.24, 2.45) is 0 Å². The second kappa shape index (κ2) is 10.6. The van der Waals surface area contributed by atoms with Crippen molar-refractivity contribution in [2.45, 2.75) is 44.8 Å². The molecule has 35 heavy (non-hydrogen) atoms. The largest absolute Gasteiger partial charge is 0.490 e. The van der Waals surface area contributed by atoms with E-state index in [1.165, 1.54) is 17.3 Å².